The minimum Gasteiger partial charge on any atom is -0.380 e. The van der Waals surface area contributed by atoms with Crippen molar-refractivity contribution in [2.75, 3.05) is 5.32 Å². The van der Waals surface area contributed by atoms with Gasteiger partial charge in [-0.05, 0) is 42.7 Å². The Morgan fingerprint density at radius 1 is 0.947 bits per heavy atom. The molecular weight excluding hydrogens is 301 g/mol. The van der Waals surface area contributed by atoms with E-state index in [0.29, 0.717) is 21.6 Å². The molecule has 0 saturated carbocycles. The van der Waals surface area contributed by atoms with E-state index in [1.165, 1.54) is 16.7 Å². The van der Waals surface area contributed by atoms with Crippen molar-refractivity contribution in [2.24, 2.45) is 0 Å². The van der Waals surface area contributed by atoms with Gasteiger partial charge in [0.1, 0.15) is 0 Å². The van der Waals surface area contributed by atoms with Gasteiger partial charge in [0, 0.05) is 6.54 Å². The minimum atomic E-state index is 0.462. The third kappa shape index (κ3) is 3.36. The van der Waals surface area contributed by atoms with Crippen molar-refractivity contribution in [1.82, 2.24) is 0 Å². The first-order chi connectivity index (χ1) is 8.99. The Morgan fingerprint density at radius 3 is 2.37 bits per heavy atom. The standard InChI is InChI=1S/C15H14Cl3N/c1-9-4-3-5-11(10(9)2)8-19-15-7-13(17)12(16)6-14(15)18/h3-7,19H,8H2,1-2H3. The van der Waals surface area contributed by atoms with Gasteiger partial charge in [-0.3, -0.25) is 0 Å². The van der Waals surface area contributed by atoms with Crippen LogP contribution in [-0.2, 0) is 6.54 Å². The Balaban J connectivity index is 2.19. The normalized spacial score (nSPS) is 10.6. The van der Waals surface area contributed by atoms with E-state index in [0.717, 1.165) is 5.69 Å². The van der Waals surface area contributed by atoms with E-state index in [2.05, 4.69) is 37.4 Å². The molecular formula is C15H14Cl3N. The number of benzene rings is 2. The van der Waals surface area contributed by atoms with Crippen LogP contribution >= 0.6 is 34.8 Å². The third-order valence-corrected chi connectivity index (χ3v) is 4.23. The summed E-state index contributed by atoms with van der Waals surface area (Å²) >= 11 is 18.0. The van der Waals surface area contributed by atoms with E-state index in [9.17, 15) is 0 Å². The zero-order valence-electron chi connectivity index (χ0n) is 10.7. The molecule has 0 aromatic heterocycles. The minimum absolute atomic E-state index is 0.462. The van der Waals surface area contributed by atoms with Crippen molar-refractivity contribution < 1.29 is 0 Å². The summed E-state index contributed by atoms with van der Waals surface area (Å²) in [5.74, 6) is 0. The topological polar surface area (TPSA) is 12.0 Å². The fraction of sp³-hybridized carbons (Fsp3) is 0.200. The fourth-order valence-corrected chi connectivity index (χ4v) is 2.47. The molecule has 0 amide bonds. The molecule has 0 saturated heterocycles. The van der Waals surface area contributed by atoms with Crippen LogP contribution in [0.25, 0.3) is 0 Å². The van der Waals surface area contributed by atoms with Crippen LogP contribution in [0.4, 0.5) is 5.69 Å². The molecule has 1 N–H and O–H groups in total. The molecule has 0 aliphatic heterocycles. The van der Waals surface area contributed by atoms with Crippen LogP contribution in [0.2, 0.25) is 15.1 Å². The first-order valence-electron chi connectivity index (χ1n) is 5.92. The highest BCUT2D eigenvalue weighted by Gasteiger charge is 2.07. The van der Waals surface area contributed by atoms with Crippen molar-refractivity contribution in [3.63, 3.8) is 0 Å². The van der Waals surface area contributed by atoms with Crippen LogP contribution in [0.15, 0.2) is 30.3 Å². The molecule has 1 nitrogen and oxygen atoms in total. The average molecular weight is 315 g/mol. The van der Waals surface area contributed by atoms with Gasteiger partial charge in [-0.2, -0.15) is 0 Å². The summed E-state index contributed by atoms with van der Waals surface area (Å²) in [7, 11) is 0. The lowest BCUT2D eigenvalue weighted by atomic mass is 10.0. The van der Waals surface area contributed by atoms with E-state index in [1.807, 2.05) is 0 Å². The van der Waals surface area contributed by atoms with Crippen molar-refractivity contribution in [3.8, 4) is 0 Å². The number of nitrogens with one attached hydrogen (secondary N) is 1. The predicted octanol–water partition coefficient (Wildman–Crippen LogP) is 5.88. The van der Waals surface area contributed by atoms with Crippen LogP contribution < -0.4 is 5.32 Å². The largest absolute Gasteiger partial charge is 0.380 e. The predicted molar refractivity (Wildman–Crippen MR) is 84.7 cm³/mol. The lowest BCUT2D eigenvalue weighted by Crippen LogP contribution is -2.02. The third-order valence-electron chi connectivity index (χ3n) is 3.20. The van der Waals surface area contributed by atoms with Gasteiger partial charge in [-0.1, -0.05) is 53.0 Å². The first-order valence-corrected chi connectivity index (χ1v) is 7.06. The number of hydrogen-bond donors (Lipinski definition) is 1. The number of anilines is 1. The second kappa shape index (κ2) is 6.04. The van der Waals surface area contributed by atoms with Crippen LogP contribution in [0.5, 0.6) is 0 Å². The summed E-state index contributed by atoms with van der Waals surface area (Å²) < 4.78 is 0. The first kappa shape index (κ1) is 14.5. The van der Waals surface area contributed by atoms with E-state index >= 15 is 0 Å². The highest BCUT2D eigenvalue weighted by atomic mass is 35.5. The molecule has 0 heterocycles. The van der Waals surface area contributed by atoms with Crippen LogP contribution in [0, 0.1) is 13.8 Å². The maximum atomic E-state index is 6.13. The molecule has 0 fully saturated rings. The lowest BCUT2D eigenvalue weighted by Gasteiger charge is -2.12. The smallest absolute Gasteiger partial charge is 0.0653 e. The molecule has 0 spiro atoms. The second-order valence-electron chi connectivity index (χ2n) is 4.46. The molecule has 0 unspecified atom stereocenters. The van der Waals surface area contributed by atoms with Crippen molar-refractivity contribution in [3.05, 3.63) is 62.1 Å². The average Bonchev–Trinajstić information content (AvgIpc) is 2.37. The molecule has 0 aliphatic carbocycles. The number of halogens is 3. The zero-order valence-corrected chi connectivity index (χ0v) is 13.0. The van der Waals surface area contributed by atoms with Crippen molar-refractivity contribution in [1.29, 1.82) is 0 Å². The quantitative estimate of drug-likeness (QED) is 0.698. The summed E-state index contributed by atoms with van der Waals surface area (Å²) in [6, 6.07) is 9.65. The van der Waals surface area contributed by atoms with Gasteiger partial charge in [0.2, 0.25) is 0 Å². The fourth-order valence-electron chi connectivity index (χ4n) is 1.85. The second-order valence-corrected chi connectivity index (χ2v) is 5.68. The Labute approximate surface area is 128 Å². The van der Waals surface area contributed by atoms with Gasteiger partial charge < -0.3 is 5.32 Å². The van der Waals surface area contributed by atoms with Gasteiger partial charge in [0.05, 0.1) is 20.8 Å². The Bertz CT molecular complexity index is 609. The number of rotatable bonds is 3. The molecule has 0 aliphatic rings. The summed E-state index contributed by atoms with van der Waals surface area (Å²) in [5, 5.41) is 4.82. The molecule has 2 aromatic carbocycles. The Hall–Kier alpha value is -0.890. The summed E-state index contributed by atoms with van der Waals surface area (Å²) in [5.41, 5.74) is 4.59. The summed E-state index contributed by atoms with van der Waals surface area (Å²) in [6.45, 7) is 4.92. The van der Waals surface area contributed by atoms with Gasteiger partial charge in [-0.15, -0.1) is 0 Å². The Kier molecular flexibility index (Phi) is 4.62. The molecule has 100 valence electrons. The SMILES string of the molecule is Cc1cccc(CNc2cc(Cl)c(Cl)cc2Cl)c1C. The van der Waals surface area contributed by atoms with Crippen LogP contribution in [0.1, 0.15) is 16.7 Å². The molecule has 19 heavy (non-hydrogen) atoms. The molecule has 0 radical (unpaired) electrons. The lowest BCUT2D eigenvalue weighted by molar-refractivity contribution is 1.10. The molecule has 0 atom stereocenters. The molecule has 0 bridgehead atoms. The molecule has 2 rings (SSSR count). The van der Waals surface area contributed by atoms with Crippen molar-refractivity contribution in [2.45, 2.75) is 20.4 Å². The van der Waals surface area contributed by atoms with Gasteiger partial charge in [0.15, 0.2) is 0 Å². The van der Waals surface area contributed by atoms with Gasteiger partial charge in [0.25, 0.3) is 0 Å². The van der Waals surface area contributed by atoms with Gasteiger partial charge in [-0.25, -0.2) is 0 Å². The highest BCUT2D eigenvalue weighted by Crippen LogP contribution is 2.32. The van der Waals surface area contributed by atoms with Crippen LogP contribution in [0.3, 0.4) is 0 Å². The maximum Gasteiger partial charge on any atom is 0.0653 e. The van der Waals surface area contributed by atoms with E-state index in [-0.39, 0.29) is 0 Å². The van der Waals surface area contributed by atoms with Crippen LogP contribution in [-0.4, -0.2) is 0 Å². The zero-order chi connectivity index (χ0) is 14.0. The number of hydrogen-bond acceptors (Lipinski definition) is 1. The molecule has 4 heteroatoms. The Morgan fingerprint density at radius 2 is 1.63 bits per heavy atom. The maximum absolute atomic E-state index is 6.13. The number of aryl methyl sites for hydroxylation is 1. The van der Waals surface area contributed by atoms with E-state index in [1.54, 1.807) is 12.1 Å². The summed E-state index contributed by atoms with van der Waals surface area (Å²) in [6.07, 6.45) is 0. The monoisotopic (exact) mass is 313 g/mol. The summed E-state index contributed by atoms with van der Waals surface area (Å²) in [4.78, 5) is 0. The van der Waals surface area contributed by atoms with E-state index < -0.39 is 0 Å². The highest BCUT2D eigenvalue weighted by molar-refractivity contribution is 6.44. The van der Waals surface area contributed by atoms with E-state index in [4.69, 9.17) is 34.8 Å². The van der Waals surface area contributed by atoms with Crippen molar-refractivity contribution >= 4 is 40.5 Å². The molecule has 2 aromatic rings. The van der Waals surface area contributed by atoms with Gasteiger partial charge >= 0.3 is 0 Å².